The Balaban J connectivity index is 1.61. The number of aromatic nitrogens is 2. The Hall–Kier alpha value is -2.27. The van der Waals surface area contributed by atoms with Gasteiger partial charge in [-0.2, -0.15) is 0 Å². The molecule has 5 nitrogen and oxygen atoms in total. The van der Waals surface area contributed by atoms with Crippen LogP contribution in [0.25, 0.3) is 10.9 Å². The highest BCUT2D eigenvalue weighted by Gasteiger charge is 2.48. The van der Waals surface area contributed by atoms with Crippen LogP contribution in [0.2, 0.25) is 5.02 Å². The van der Waals surface area contributed by atoms with Crippen LogP contribution in [0.15, 0.2) is 34.9 Å². The van der Waals surface area contributed by atoms with Crippen molar-refractivity contribution in [2.75, 3.05) is 0 Å². The number of benzene rings is 1. The van der Waals surface area contributed by atoms with Gasteiger partial charge >= 0.3 is 0 Å². The first-order valence-corrected chi connectivity index (χ1v) is 7.47. The van der Waals surface area contributed by atoms with E-state index >= 15 is 0 Å². The molecule has 2 N–H and O–H groups in total. The molecule has 0 atom stereocenters. The molecule has 0 radical (unpaired) electrons. The maximum Gasteiger partial charge on any atom is 0.268 e. The summed E-state index contributed by atoms with van der Waals surface area (Å²) in [5.41, 5.74) is 1.81. The zero-order valence-corrected chi connectivity index (χ0v) is 12.7. The van der Waals surface area contributed by atoms with Crippen LogP contribution in [0, 0.1) is 6.92 Å². The first kappa shape index (κ1) is 13.4. The van der Waals surface area contributed by atoms with Gasteiger partial charge in [0.25, 0.3) is 5.91 Å². The predicted octanol–water partition coefficient (Wildman–Crippen LogP) is 3.54. The topological polar surface area (TPSA) is 70.9 Å². The molecule has 3 aromatic rings. The van der Waals surface area contributed by atoms with E-state index in [2.05, 4.69) is 15.3 Å². The smallest absolute Gasteiger partial charge is 0.268 e. The van der Waals surface area contributed by atoms with Crippen LogP contribution in [0.3, 0.4) is 0 Å². The molecule has 112 valence electrons. The number of amides is 1. The molecule has 1 aliphatic rings. The number of rotatable bonds is 3. The Bertz CT molecular complexity index is 877. The standard InChI is InChI=1S/C16H14ClN3O2/c1-9-18-14(8-22-9)16(4-5-16)20-15(21)13-7-10-6-11(17)2-3-12(10)19-13/h2-3,6-8,19H,4-5H2,1H3,(H,20,21). The van der Waals surface area contributed by atoms with Crippen molar-refractivity contribution in [3.05, 3.63) is 52.8 Å². The number of H-pyrrole nitrogens is 1. The van der Waals surface area contributed by atoms with Crippen molar-refractivity contribution in [3.8, 4) is 0 Å². The van der Waals surface area contributed by atoms with Crippen LogP contribution >= 0.6 is 11.6 Å². The summed E-state index contributed by atoms with van der Waals surface area (Å²) in [7, 11) is 0. The maximum atomic E-state index is 12.5. The van der Waals surface area contributed by atoms with Gasteiger partial charge in [0.05, 0.1) is 5.54 Å². The lowest BCUT2D eigenvalue weighted by atomic mass is 10.2. The van der Waals surface area contributed by atoms with Crippen LogP contribution in [-0.4, -0.2) is 15.9 Å². The summed E-state index contributed by atoms with van der Waals surface area (Å²) in [6, 6.07) is 7.30. The van der Waals surface area contributed by atoms with Crippen molar-refractivity contribution in [1.29, 1.82) is 0 Å². The Morgan fingerprint density at radius 3 is 2.91 bits per heavy atom. The summed E-state index contributed by atoms with van der Waals surface area (Å²) >= 11 is 5.97. The van der Waals surface area contributed by atoms with Gasteiger partial charge in [-0.3, -0.25) is 4.79 Å². The number of hydrogen-bond acceptors (Lipinski definition) is 3. The van der Waals surface area contributed by atoms with E-state index in [0.29, 0.717) is 16.6 Å². The molecule has 22 heavy (non-hydrogen) atoms. The molecule has 0 bridgehead atoms. The van der Waals surface area contributed by atoms with Gasteiger partial charge in [-0.15, -0.1) is 0 Å². The van der Waals surface area contributed by atoms with E-state index in [1.54, 1.807) is 25.3 Å². The average Bonchev–Trinajstić information content (AvgIpc) is 2.94. The summed E-state index contributed by atoms with van der Waals surface area (Å²) in [6.45, 7) is 1.79. The van der Waals surface area contributed by atoms with E-state index in [9.17, 15) is 4.79 Å². The van der Waals surface area contributed by atoms with Crippen molar-refractivity contribution in [1.82, 2.24) is 15.3 Å². The number of nitrogens with one attached hydrogen (secondary N) is 2. The Kier molecular flexibility index (Phi) is 2.81. The van der Waals surface area contributed by atoms with E-state index in [-0.39, 0.29) is 11.4 Å². The summed E-state index contributed by atoms with van der Waals surface area (Å²) in [4.78, 5) is 20.0. The summed E-state index contributed by atoms with van der Waals surface area (Å²) < 4.78 is 5.25. The molecule has 1 amide bonds. The van der Waals surface area contributed by atoms with Crippen molar-refractivity contribution >= 4 is 28.4 Å². The molecule has 1 saturated carbocycles. The number of carbonyl (C=O) groups excluding carboxylic acids is 1. The highest BCUT2D eigenvalue weighted by atomic mass is 35.5. The van der Waals surface area contributed by atoms with E-state index in [1.807, 2.05) is 12.1 Å². The molecule has 1 aromatic carbocycles. The molecule has 1 aliphatic carbocycles. The van der Waals surface area contributed by atoms with Gasteiger partial charge < -0.3 is 14.7 Å². The number of aromatic amines is 1. The fraction of sp³-hybridized carbons (Fsp3) is 0.250. The van der Waals surface area contributed by atoms with Crippen LogP contribution in [0.5, 0.6) is 0 Å². The predicted molar refractivity (Wildman–Crippen MR) is 82.9 cm³/mol. The fourth-order valence-electron chi connectivity index (χ4n) is 2.66. The van der Waals surface area contributed by atoms with Crippen LogP contribution < -0.4 is 5.32 Å². The highest BCUT2D eigenvalue weighted by molar-refractivity contribution is 6.31. The lowest BCUT2D eigenvalue weighted by Gasteiger charge is -2.13. The Labute approximate surface area is 131 Å². The number of hydrogen-bond donors (Lipinski definition) is 2. The normalized spacial score (nSPS) is 15.9. The molecule has 2 aromatic heterocycles. The van der Waals surface area contributed by atoms with Gasteiger partial charge in [-0.1, -0.05) is 11.6 Å². The van der Waals surface area contributed by atoms with Crippen molar-refractivity contribution in [2.45, 2.75) is 25.3 Å². The van der Waals surface area contributed by atoms with Gasteiger partial charge in [0.15, 0.2) is 5.89 Å². The van der Waals surface area contributed by atoms with Gasteiger partial charge in [-0.25, -0.2) is 4.98 Å². The molecular weight excluding hydrogens is 302 g/mol. The van der Waals surface area contributed by atoms with Crippen molar-refractivity contribution < 1.29 is 9.21 Å². The van der Waals surface area contributed by atoms with E-state index in [1.165, 1.54) is 0 Å². The minimum atomic E-state index is -0.385. The second-order valence-electron chi connectivity index (χ2n) is 5.70. The third-order valence-electron chi connectivity index (χ3n) is 4.04. The lowest BCUT2D eigenvalue weighted by molar-refractivity contribution is 0.0925. The number of fused-ring (bicyclic) bond motifs is 1. The third kappa shape index (κ3) is 2.18. The number of halogens is 1. The van der Waals surface area contributed by atoms with Crippen LogP contribution in [0.1, 0.15) is 34.9 Å². The monoisotopic (exact) mass is 315 g/mol. The Morgan fingerprint density at radius 2 is 2.23 bits per heavy atom. The number of oxazole rings is 1. The second-order valence-corrected chi connectivity index (χ2v) is 6.14. The molecule has 0 spiro atoms. The van der Waals surface area contributed by atoms with Gasteiger partial charge in [0.2, 0.25) is 0 Å². The minimum absolute atomic E-state index is 0.148. The minimum Gasteiger partial charge on any atom is -0.449 e. The quantitative estimate of drug-likeness (QED) is 0.776. The van der Waals surface area contributed by atoms with E-state index in [0.717, 1.165) is 29.4 Å². The van der Waals surface area contributed by atoms with Crippen molar-refractivity contribution in [2.24, 2.45) is 0 Å². The maximum absolute atomic E-state index is 12.5. The zero-order valence-electron chi connectivity index (χ0n) is 11.9. The molecular formula is C16H14ClN3O2. The van der Waals surface area contributed by atoms with Crippen molar-refractivity contribution in [3.63, 3.8) is 0 Å². The number of aryl methyl sites for hydroxylation is 1. The number of carbonyl (C=O) groups is 1. The molecule has 0 saturated heterocycles. The lowest BCUT2D eigenvalue weighted by Crippen LogP contribution is -2.35. The second kappa shape index (κ2) is 4.61. The first-order valence-electron chi connectivity index (χ1n) is 7.09. The summed E-state index contributed by atoms with van der Waals surface area (Å²) in [5, 5.41) is 4.63. The average molecular weight is 316 g/mol. The Morgan fingerprint density at radius 1 is 1.41 bits per heavy atom. The van der Waals surface area contributed by atoms with E-state index in [4.69, 9.17) is 16.0 Å². The summed E-state index contributed by atoms with van der Waals surface area (Å²) in [5.74, 6) is 0.459. The highest BCUT2D eigenvalue weighted by Crippen LogP contribution is 2.45. The first-order chi connectivity index (χ1) is 10.6. The molecule has 1 fully saturated rings. The van der Waals surface area contributed by atoms with E-state index < -0.39 is 0 Å². The molecule has 0 aliphatic heterocycles. The van der Waals surface area contributed by atoms with Gasteiger partial charge in [0, 0.05) is 22.8 Å². The number of nitrogens with zero attached hydrogens (tertiary/aromatic N) is 1. The molecule has 0 unspecified atom stereocenters. The van der Waals surface area contributed by atoms with Crippen LogP contribution in [-0.2, 0) is 5.54 Å². The SMILES string of the molecule is Cc1nc(C2(NC(=O)c3cc4cc(Cl)ccc4[nH]3)CC2)co1. The molecule has 4 rings (SSSR count). The molecule has 2 heterocycles. The largest absolute Gasteiger partial charge is 0.449 e. The van der Waals surface area contributed by atoms with Gasteiger partial charge in [0.1, 0.15) is 17.7 Å². The van der Waals surface area contributed by atoms with Crippen LogP contribution in [0.4, 0.5) is 0 Å². The summed E-state index contributed by atoms with van der Waals surface area (Å²) in [6.07, 6.45) is 3.36. The zero-order chi connectivity index (χ0) is 15.3. The van der Waals surface area contributed by atoms with Gasteiger partial charge in [-0.05, 0) is 37.1 Å². The third-order valence-corrected chi connectivity index (χ3v) is 4.27. The fourth-order valence-corrected chi connectivity index (χ4v) is 2.84. The molecule has 6 heteroatoms.